The van der Waals surface area contributed by atoms with Crippen LogP contribution in [-0.2, 0) is 14.3 Å². The highest BCUT2D eigenvalue weighted by molar-refractivity contribution is 5.85. The zero-order valence-corrected chi connectivity index (χ0v) is 13.2. The largest absolute Gasteiger partial charge is 0.481 e. The molecule has 0 heterocycles. The van der Waals surface area contributed by atoms with Crippen LogP contribution in [0.15, 0.2) is 0 Å². The zero-order chi connectivity index (χ0) is 15.6. The van der Waals surface area contributed by atoms with Crippen molar-refractivity contribution in [1.82, 2.24) is 4.90 Å². The van der Waals surface area contributed by atoms with Crippen LogP contribution >= 0.6 is 0 Å². The molecule has 2 rings (SSSR count). The Hall–Kier alpha value is -1.10. The predicted molar refractivity (Wildman–Crippen MR) is 78.8 cm³/mol. The molecule has 1 N–H and O–H groups in total. The third-order valence-corrected chi connectivity index (χ3v) is 5.05. The van der Waals surface area contributed by atoms with Gasteiger partial charge >= 0.3 is 5.97 Å². The maximum Gasteiger partial charge on any atom is 0.307 e. The number of hydrogen-bond donors (Lipinski definition) is 1. The van der Waals surface area contributed by atoms with E-state index >= 15 is 0 Å². The third-order valence-electron chi connectivity index (χ3n) is 5.05. The molecule has 0 aromatic carbocycles. The van der Waals surface area contributed by atoms with Crippen LogP contribution < -0.4 is 0 Å². The van der Waals surface area contributed by atoms with E-state index in [1.807, 2.05) is 11.8 Å². The Balaban J connectivity index is 2.10. The lowest BCUT2D eigenvalue weighted by Gasteiger charge is -2.32. The lowest BCUT2D eigenvalue weighted by molar-refractivity contribution is -0.150. The summed E-state index contributed by atoms with van der Waals surface area (Å²) in [4.78, 5) is 26.2. The number of methoxy groups -OCH3 is 1. The molecule has 0 radical (unpaired) electrons. The highest BCUT2D eigenvalue weighted by atomic mass is 16.5. The Morgan fingerprint density at radius 1 is 1.29 bits per heavy atom. The number of nitrogens with zero attached hydrogens (tertiary/aromatic N) is 1. The number of rotatable bonds is 7. The van der Waals surface area contributed by atoms with Crippen LogP contribution in [0.2, 0.25) is 0 Å². The molecule has 2 aliphatic carbocycles. The van der Waals surface area contributed by atoms with Crippen molar-refractivity contribution in [2.45, 2.75) is 45.6 Å². The normalized spacial score (nSPS) is 30.1. The number of carboxylic acid groups (broad SMARTS) is 1. The molecule has 5 nitrogen and oxygen atoms in total. The van der Waals surface area contributed by atoms with Crippen LogP contribution in [0.3, 0.4) is 0 Å². The standard InChI is InChI=1S/C16H27NO4/c1-10-8-13(14(9-10)16(19)20)15(18)17(6-7-21-3)11(2)12-4-5-12/h10-14H,4-9H2,1-3H3,(H,19,20). The van der Waals surface area contributed by atoms with E-state index in [9.17, 15) is 14.7 Å². The minimum atomic E-state index is -0.830. The molecule has 0 aromatic heterocycles. The summed E-state index contributed by atoms with van der Waals surface area (Å²) in [7, 11) is 1.63. The van der Waals surface area contributed by atoms with Gasteiger partial charge in [0, 0.05) is 19.7 Å². The monoisotopic (exact) mass is 297 g/mol. The van der Waals surface area contributed by atoms with Gasteiger partial charge in [0.15, 0.2) is 0 Å². The van der Waals surface area contributed by atoms with E-state index in [1.165, 1.54) is 12.8 Å². The van der Waals surface area contributed by atoms with E-state index in [2.05, 4.69) is 6.92 Å². The molecule has 120 valence electrons. The van der Waals surface area contributed by atoms with Crippen molar-refractivity contribution in [3.8, 4) is 0 Å². The summed E-state index contributed by atoms with van der Waals surface area (Å²) in [6.07, 6.45) is 3.64. The van der Waals surface area contributed by atoms with Crippen molar-refractivity contribution < 1.29 is 19.4 Å². The van der Waals surface area contributed by atoms with E-state index in [1.54, 1.807) is 7.11 Å². The average Bonchev–Trinajstić information content (AvgIpc) is 3.20. The maximum absolute atomic E-state index is 12.9. The molecule has 1 amide bonds. The first-order valence-corrected chi connectivity index (χ1v) is 7.98. The second kappa shape index (κ2) is 6.77. The van der Waals surface area contributed by atoms with Gasteiger partial charge in [0.05, 0.1) is 18.4 Å². The highest BCUT2D eigenvalue weighted by Crippen LogP contribution is 2.40. The van der Waals surface area contributed by atoms with Gasteiger partial charge in [0.25, 0.3) is 0 Å². The molecule has 0 aromatic rings. The van der Waals surface area contributed by atoms with Gasteiger partial charge in [-0.25, -0.2) is 0 Å². The Kier molecular flexibility index (Phi) is 5.25. The van der Waals surface area contributed by atoms with Crippen molar-refractivity contribution in [3.63, 3.8) is 0 Å². The number of amides is 1. The number of carbonyl (C=O) groups excluding carboxylic acids is 1. The Labute approximate surface area is 126 Å². The number of carboxylic acids is 1. The number of carbonyl (C=O) groups is 2. The predicted octanol–water partition coefficient (Wildman–Crippen LogP) is 2.01. The van der Waals surface area contributed by atoms with Crippen molar-refractivity contribution >= 4 is 11.9 Å². The van der Waals surface area contributed by atoms with Crippen molar-refractivity contribution in [2.24, 2.45) is 23.7 Å². The summed E-state index contributed by atoms with van der Waals surface area (Å²) < 4.78 is 5.12. The zero-order valence-electron chi connectivity index (χ0n) is 13.2. The molecule has 0 aliphatic heterocycles. The van der Waals surface area contributed by atoms with Crippen LogP contribution in [0.25, 0.3) is 0 Å². The summed E-state index contributed by atoms with van der Waals surface area (Å²) in [6, 6.07) is 0.193. The molecule has 0 spiro atoms. The van der Waals surface area contributed by atoms with Crippen LogP contribution in [0.4, 0.5) is 0 Å². The van der Waals surface area contributed by atoms with Gasteiger partial charge in [0.1, 0.15) is 0 Å². The SMILES string of the molecule is COCCN(C(=O)C1CC(C)CC1C(=O)O)C(C)C1CC1. The molecule has 0 saturated heterocycles. The number of hydrogen-bond acceptors (Lipinski definition) is 3. The molecule has 2 saturated carbocycles. The molecule has 2 aliphatic rings. The Morgan fingerprint density at radius 3 is 2.43 bits per heavy atom. The molecule has 4 atom stereocenters. The van der Waals surface area contributed by atoms with E-state index in [0.29, 0.717) is 37.8 Å². The Morgan fingerprint density at radius 2 is 1.90 bits per heavy atom. The highest BCUT2D eigenvalue weighted by Gasteiger charge is 2.45. The molecule has 5 heteroatoms. The van der Waals surface area contributed by atoms with Gasteiger partial charge < -0.3 is 14.7 Å². The van der Waals surface area contributed by atoms with E-state index in [-0.39, 0.29) is 17.9 Å². The summed E-state index contributed by atoms with van der Waals surface area (Å²) >= 11 is 0. The summed E-state index contributed by atoms with van der Waals surface area (Å²) in [6.45, 7) is 5.18. The topological polar surface area (TPSA) is 66.8 Å². The van der Waals surface area contributed by atoms with Crippen molar-refractivity contribution in [1.29, 1.82) is 0 Å². The molecule has 21 heavy (non-hydrogen) atoms. The third kappa shape index (κ3) is 3.76. The number of ether oxygens (including phenoxy) is 1. The summed E-state index contributed by atoms with van der Waals surface area (Å²) in [5, 5.41) is 9.37. The van der Waals surface area contributed by atoms with Crippen molar-refractivity contribution in [3.05, 3.63) is 0 Å². The minimum absolute atomic E-state index is 0.0169. The van der Waals surface area contributed by atoms with E-state index < -0.39 is 11.9 Å². The Bertz CT molecular complexity index is 394. The molecule has 2 fully saturated rings. The lowest BCUT2D eigenvalue weighted by atomic mass is 9.94. The number of aliphatic carboxylic acids is 1. The first-order chi connectivity index (χ1) is 9.95. The smallest absolute Gasteiger partial charge is 0.307 e. The minimum Gasteiger partial charge on any atom is -0.481 e. The molecule has 4 unspecified atom stereocenters. The van der Waals surface area contributed by atoms with Crippen LogP contribution in [0, 0.1) is 23.7 Å². The first-order valence-electron chi connectivity index (χ1n) is 7.98. The van der Waals surface area contributed by atoms with E-state index in [0.717, 1.165) is 0 Å². The summed E-state index contributed by atoms with van der Waals surface area (Å²) in [5.74, 6) is -0.820. The molecule has 0 bridgehead atoms. The maximum atomic E-state index is 12.9. The van der Waals surface area contributed by atoms with Gasteiger partial charge in [-0.05, 0) is 44.4 Å². The van der Waals surface area contributed by atoms with Gasteiger partial charge in [-0.15, -0.1) is 0 Å². The summed E-state index contributed by atoms with van der Waals surface area (Å²) in [5.41, 5.74) is 0. The molecular weight excluding hydrogens is 270 g/mol. The fourth-order valence-corrected chi connectivity index (χ4v) is 3.59. The quantitative estimate of drug-likeness (QED) is 0.780. The lowest BCUT2D eigenvalue weighted by Crippen LogP contribution is -2.46. The van der Waals surface area contributed by atoms with Crippen LogP contribution in [-0.4, -0.2) is 48.2 Å². The van der Waals surface area contributed by atoms with E-state index in [4.69, 9.17) is 4.74 Å². The fraction of sp³-hybridized carbons (Fsp3) is 0.875. The van der Waals surface area contributed by atoms with Gasteiger partial charge in [0.2, 0.25) is 5.91 Å². The second-order valence-corrected chi connectivity index (χ2v) is 6.73. The second-order valence-electron chi connectivity index (χ2n) is 6.73. The van der Waals surface area contributed by atoms with Crippen LogP contribution in [0.1, 0.15) is 39.5 Å². The first kappa shape index (κ1) is 16.3. The van der Waals surface area contributed by atoms with Crippen molar-refractivity contribution in [2.75, 3.05) is 20.3 Å². The molecular formula is C16H27NO4. The van der Waals surface area contributed by atoms with Gasteiger partial charge in [-0.3, -0.25) is 9.59 Å². The van der Waals surface area contributed by atoms with Crippen LogP contribution in [0.5, 0.6) is 0 Å². The fourth-order valence-electron chi connectivity index (χ4n) is 3.59. The van der Waals surface area contributed by atoms with Gasteiger partial charge in [-0.1, -0.05) is 6.92 Å². The average molecular weight is 297 g/mol. The van der Waals surface area contributed by atoms with Gasteiger partial charge in [-0.2, -0.15) is 0 Å².